The second-order valence-corrected chi connectivity index (χ2v) is 6.61. The highest BCUT2D eigenvalue weighted by Gasteiger charge is 2.41. The summed E-state index contributed by atoms with van der Waals surface area (Å²) in [5.74, 6) is 1.48. The number of ether oxygens (including phenoxy) is 2. The third-order valence-electron chi connectivity index (χ3n) is 4.61. The normalized spacial score (nSPS) is 25.3. The van der Waals surface area contributed by atoms with Crippen LogP contribution in [0.4, 0.5) is 4.39 Å². The summed E-state index contributed by atoms with van der Waals surface area (Å²) in [6, 6.07) is 12.8. The highest BCUT2D eigenvalue weighted by atomic mass is 19.1. The van der Waals surface area contributed by atoms with E-state index in [2.05, 4.69) is 11.0 Å². The molecule has 120 valence electrons. The molecule has 0 radical (unpaired) electrons. The fourth-order valence-corrected chi connectivity index (χ4v) is 3.70. The van der Waals surface area contributed by atoms with E-state index >= 15 is 0 Å². The van der Waals surface area contributed by atoms with E-state index in [0.717, 1.165) is 29.8 Å². The maximum atomic E-state index is 13.8. The molecule has 3 nitrogen and oxygen atoms in total. The first kappa shape index (κ1) is 14.7. The minimum absolute atomic E-state index is 0.141. The van der Waals surface area contributed by atoms with Crippen LogP contribution in [0.25, 0.3) is 0 Å². The lowest BCUT2D eigenvalue weighted by molar-refractivity contribution is 0.0270. The van der Waals surface area contributed by atoms with Crippen LogP contribution in [0.1, 0.15) is 29.6 Å². The van der Waals surface area contributed by atoms with E-state index in [4.69, 9.17) is 9.47 Å². The first-order valence-corrected chi connectivity index (χ1v) is 7.98. The van der Waals surface area contributed by atoms with Crippen molar-refractivity contribution >= 4 is 0 Å². The SMILES string of the molecule is CN(C)C[C@H]1C[C@@H]2c3ccccc3Oc3ccc(F)cc3[C@H]2O1. The zero-order valence-electron chi connectivity index (χ0n) is 13.3. The van der Waals surface area contributed by atoms with Crippen molar-refractivity contribution in [1.29, 1.82) is 0 Å². The second-order valence-electron chi connectivity index (χ2n) is 6.61. The molecule has 4 rings (SSSR count). The average molecular weight is 313 g/mol. The van der Waals surface area contributed by atoms with Crippen molar-refractivity contribution in [3.63, 3.8) is 0 Å². The molecule has 0 saturated carbocycles. The topological polar surface area (TPSA) is 21.7 Å². The Morgan fingerprint density at radius 1 is 1.09 bits per heavy atom. The Labute approximate surface area is 135 Å². The van der Waals surface area contributed by atoms with Gasteiger partial charge in [-0.2, -0.15) is 0 Å². The molecule has 3 atom stereocenters. The fraction of sp³-hybridized carbons (Fsp3) is 0.368. The van der Waals surface area contributed by atoms with Crippen LogP contribution in [0, 0.1) is 5.82 Å². The molecule has 1 saturated heterocycles. The van der Waals surface area contributed by atoms with Gasteiger partial charge in [-0.3, -0.25) is 0 Å². The Bertz CT molecular complexity index is 731. The molecule has 23 heavy (non-hydrogen) atoms. The van der Waals surface area contributed by atoms with Crippen LogP contribution < -0.4 is 4.74 Å². The molecule has 2 aromatic rings. The molecule has 0 spiro atoms. The standard InChI is InChI=1S/C19H20FNO2/c1-21(2)11-13-10-15-14-5-3-4-6-17(14)23-18-8-7-12(20)9-16(18)19(15)22-13/h3-9,13,15,19H,10-11H2,1-2H3/t13-,15-,19+/m1/s1. The molecule has 0 amide bonds. The van der Waals surface area contributed by atoms with Gasteiger partial charge in [-0.1, -0.05) is 18.2 Å². The van der Waals surface area contributed by atoms with Gasteiger partial charge in [0.1, 0.15) is 17.3 Å². The molecule has 0 bridgehead atoms. The van der Waals surface area contributed by atoms with Crippen LogP contribution in [-0.4, -0.2) is 31.6 Å². The lowest BCUT2D eigenvalue weighted by atomic mass is 9.87. The number of para-hydroxylation sites is 1. The molecule has 2 aliphatic heterocycles. The van der Waals surface area contributed by atoms with Crippen LogP contribution in [-0.2, 0) is 4.74 Å². The minimum atomic E-state index is -0.253. The van der Waals surface area contributed by atoms with Crippen LogP contribution in [0.5, 0.6) is 11.5 Å². The third-order valence-corrected chi connectivity index (χ3v) is 4.61. The van der Waals surface area contributed by atoms with Gasteiger partial charge in [-0.15, -0.1) is 0 Å². The lowest BCUT2D eigenvalue weighted by Gasteiger charge is -2.19. The van der Waals surface area contributed by atoms with Crippen molar-refractivity contribution in [3.8, 4) is 11.5 Å². The Hall–Kier alpha value is -1.91. The van der Waals surface area contributed by atoms with Crippen molar-refractivity contribution in [2.75, 3.05) is 20.6 Å². The summed E-state index contributed by atoms with van der Waals surface area (Å²) in [5.41, 5.74) is 1.96. The molecule has 0 aliphatic carbocycles. The molecule has 2 aliphatic rings. The number of hydrogen-bond donors (Lipinski definition) is 0. The summed E-state index contributed by atoms with van der Waals surface area (Å²) >= 11 is 0. The van der Waals surface area contributed by atoms with Gasteiger partial charge >= 0.3 is 0 Å². The van der Waals surface area contributed by atoms with Crippen molar-refractivity contribution in [2.45, 2.75) is 24.5 Å². The van der Waals surface area contributed by atoms with E-state index in [1.807, 2.05) is 32.3 Å². The molecule has 2 heterocycles. The summed E-state index contributed by atoms with van der Waals surface area (Å²) in [4.78, 5) is 2.13. The van der Waals surface area contributed by atoms with Gasteiger partial charge < -0.3 is 14.4 Å². The summed E-state index contributed by atoms with van der Waals surface area (Å²) in [6.07, 6.45) is 0.899. The minimum Gasteiger partial charge on any atom is -0.457 e. The van der Waals surface area contributed by atoms with Gasteiger partial charge in [0.05, 0.1) is 12.2 Å². The summed E-state index contributed by atoms with van der Waals surface area (Å²) < 4.78 is 26.2. The molecular formula is C19H20FNO2. The Balaban J connectivity index is 1.80. The Morgan fingerprint density at radius 2 is 1.87 bits per heavy atom. The maximum absolute atomic E-state index is 13.8. The summed E-state index contributed by atoms with van der Waals surface area (Å²) in [5, 5.41) is 0. The van der Waals surface area contributed by atoms with Crippen molar-refractivity contribution in [3.05, 3.63) is 59.4 Å². The van der Waals surface area contributed by atoms with Crippen molar-refractivity contribution < 1.29 is 13.9 Å². The average Bonchev–Trinajstić information content (AvgIpc) is 2.87. The molecular weight excluding hydrogens is 293 g/mol. The summed E-state index contributed by atoms with van der Waals surface area (Å²) in [7, 11) is 4.09. The second kappa shape index (κ2) is 5.62. The number of rotatable bonds is 2. The highest BCUT2D eigenvalue weighted by Crippen LogP contribution is 2.52. The fourth-order valence-electron chi connectivity index (χ4n) is 3.70. The molecule has 0 unspecified atom stereocenters. The zero-order valence-corrected chi connectivity index (χ0v) is 13.3. The Kier molecular flexibility index (Phi) is 3.58. The highest BCUT2D eigenvalue weighted by molar-refractivity contribution is 5.49. The Morgan fingerprint density at radius 3 is 2.70 bits per heavy atom. The number of hydrogen-bond acceptors (Lipinski definition) is 3. The van der Waals surface area contributed by atoms with Crippen molar-refractivity contribution in [1.82, 2.24) is 4.90 Å². The van der Waals surface area contributed by atoms with Crippen LogP contribution in [0.3, 0.4) is 0 Å². The van der Waals surface area contributed by atoms with Crippen LogP contribution in [0.15, 0.2) is 42.5 Å². The van der Waals surface area contributed by atoms with E-state index < -0.39 is 0 Å². The van der Waals surface area contributed by atoms with Gasteiger partial charge in [0.15, 0.2) is 0 Å². The van der Waals surface area contributed by atoms with E-state index in [-0.39, 0.29) is 23.9 Å². The number of benzene rings is 2. The maximum Gasteiger partial charge on any atom is 0.133 e. The number of halogens is 1. The van der Waals surface area contributed by atoms with Gasteiger partial charge in [0.25, 0.3) is 0 Å². The van der Waals surface area contributed by atoms with Crippen molar-refractivity contribution in [2.24, 2.45) is 0 Å². The summed E-state index contributed by atoms with van der Waals surface area (Å²) in [6.45, 7) is 0.862. The van der Waals surface area contributed by atoms with E-state index in [1.165, 1.54) is 6.07 Å². The van der Waals surface area contributed by atoms with Crippen LogP contribution >= 0.6 is 0 Å². The van der Waals surface area contributed by atoms with Gasteiger partial charge in [-0.25, -0.2) is 4.39 Å². The van der Waals surface area contributed by atoms with E-state index in [1.54, 1.807) is 12.1 Å². The number of nitrogens with zero attached hydrogens (tertiary/aromatic N) is 1. The molecule has 1 fully saturated rings. The van der Waals surface area contributed by atoms with Gasteiger partial charge in [0, 0.05) is 23.6 Å². The number of likely N-dealkylation sites (N-methyl/N-ethyl adjacent to an activating group) is 1. The predicted molar refractivity (Wildman–Crippen MR) is 86.4 cm³/mol. The van der Waals surface area contributed by atoms with Gasteiger partial charge in [0.2, 0.25) is 0 Å². The molecule has 0 N–H and O–H groups in total. The zero-order chi connectivity index (χ0) is 16.0. The first-order valence-electron chi connectivity index (χ1n) is 7.98. The molecule has 0 aromatic heterocycles. The van der Waals surface area contributed by atoms with E-state index in [9.17, 15) is 4.39 Å². The van der Waals surface area contributed by atoms with E-state index in [0.29, 0.717) is 5.75 Å². The quantitative estimate of drug-likeness (QED) is 0.833. The van der Waals surface area contributed by atoms with Crippen LogP contribution in [0.2, 0.25) is 0 Å². The first-order chi connectivity index (χ1) is 11.1. The lowest BCUT2D eigenvalue weighted by Crippen LogP contribution is -2.25. The molecule has 2 aromatic carbocycles. The molecule has 4 heteroatoms. The monoisotopic (exact) mass is 313 g/mol. The number of fused-ring (bicyclic) bond motifs is 5. The third kappa shape index (κ3) is 2.62. The predicted octanol–water partition coefficient (Wildman–Crippen LogP) is 4.11. The largest absolute Gasteiger partial charge is 0.457 e. The van der Waals surface area contributed by atoms with Gasteiger partial charge in [-0.05, 0) is 44.8 Å². The smallest absolute Gasteiger partial charge is 0.133 e.